The second kappa shape index (κ2) is 6.53. The highest BCUT2D eigenvalue weighted by Crippen LogP contribution is 2.23. The van der Waals surface area contributed by atoms with E-state index in [1.54, 1.807) is 0 Å². The molecule has 0 fully saturated rings. The highest BCUT2D eigenvalue weighted by molar-refractivity contribution is 5.81. The van der Waals surface area contributed by atoms with Crippen LogP contribution in [-0.4, -0.2) is 25.1 Å². The van der Waals surface area contributed by atoms with E-state index >= 15 is 0 Å². The first kappa shape index (κ1) is 13.8. The minimum atomic E-state index is 0.873. The summed E-state index contributed by atoms with van der Waals surface area (Å²) in [6.07, 6.45) is 1.13. The number of aromatic nitrogens is 1. The smallest absolute Gasteiger partial charge is 0.133 e. The van der Waals surface area contributed by atoms with Crippen LogP contribution >= 0.6 is 0 Å². The molecule has 1 aromatic heterocycles. The van der Waals surface area contributed by atoms with E-state index in [-0.39, 0.29) is 0 Å². The molecule has 0 saturated carbocycles. The van der Waals surface area contributed by atoms with Gasteiger partial charge < -0.3 is 10.2 Å². The number of fused-ring (bicyclic) bond motifs is 1. The van der Waals surface area contributed by atoms with E-state index in [1.165, 1.54) is 10.9 Å². The largest absolute Gasteiger partial charge is 0.359 e. The number of nitrogens with zero attached hydrogens (tertiary/aromatic N) is 2. The molecule has 0 aliphatic carbocycles. The maximum absolute atomic E-state index is 4.83. The highest BCUT2D eigenvalue weighted by Gasteiger charge is 2.10. The van der Waals surface area contributed by atoms with Crippen molar-refractivity contribution < 1.29 is 0 Å². The van der Waals surface area contributed by atoms with Crippen LogP contribution < -0.4 is 10.2 Å². The van der Waals surface area contributed by atoms with Gasteiger partial charge in [-0.1, -0.05) is 32.0 Å². The van der Waals surface area contributed by atoms with Crippen molar-refractivity contribution in [3.63, 3.8) is 0 Å². The van der Waals surface area contributed by atoms with Gasteiger partial charge >= 0.3 is 0 Å². The topological polar surface area (TPSA) is 28.2 Å². The van der Waals surface area contributed by atoms with Crippen molar-refractivity contribution in [1.29, 1.82) is 0 Å². The minimum absolute atomic E-state index is 0.873. The maximum atomic E-state index is 4.83. The van der Waals surface area contributed by atoms with E-state index in [2.05, 4.69) is 55.4 Å². The van der Waals surface area contributed by atoms with Crippen molar-refractivity contribution >= 4 is 16.7 Å². The lowest BCUT2D eigenvalue weighted by molar-refractivity contribution is 0.719. The summed E-state index contributed by atoms with van der Waals surface area (Å²) in [5.41, 5.74) is 2.34. The summed E-state index contributed by atoms with van der Waals surface area (Å²) < 4.78 is 0. The Balaban J connectivity index is 2.44. The SMILES string of the molecule is CCCN(C)c1nc2ccccc2cc1CNCC. The lowest BCUT2D eigenvalue weighted by atomic mass is 10.1. The van der Waals surface area contributed by atoms with Gasteiger partial charge in [-0.3, -0.25) is 0 Å². The number of para-hydroxylation sites is 1. The Labute approximate surface area is 115 Å². The van der Waals surface area contributed by atoms with E-state index in [4.69, 9.17) is 4.98 Å². The normalized spacial score (nSPS) is 10.9. The molecule has 19 heavy (non-hydrogen) atoms. The van der Waals surface area contributed by atoms with E-state index in [9.17, 15) is 0 Å². The molecule has 2 rings (SSSR count). The summed E-state index contributed by atoms with van der Waals surface area (Å²) in [6, 6.07) is 10.6. The fraction of sp³-hybridized carbons (Fsp3) is 0.438. The van der Waals surface area contributed by atoms with Crippen LogP contribution in [0.1, 0.15) is 25.8 Å². The molecule has 0 amide bonds. The number of anilines is 1. The molecule has 1 aromatic carbocycles. The van der Waals surface area contributed by atoms with Gasteiger partial charge in [0.2, 0.25) is 0 Å². The molecule has 0 saturated heterocycles. The molecule has 0 aliphatic rings. The summed E-state index contributed by atoms with van der Waals surface area (Å²) >= 11 is 0. The molecule has 2 aromatic rings. The number of rotatable bonds is 6. The van der Waals surface area contributed by atoms with Gasteiger partial charge in [-0.15, -0.1) is 0 Å². The number of pyridine rings is 1. The Morgan fingerprint density at radius 2 is 2.00 bits per heavy atom. The lowest BCUT2D eigenvalue weighted by Gasteiger charge is -2.21. The fourth-order valence-corrected chi connectivity index (χ4v) is 2.31. The number of hydrogen-bond donors (Lipinski definition) is 1. The van der Waals surface area contributed by atoms with Gasteiger partial charge in [0.1, 0.15) is 5.82 Å². The molecular formula is C16H23N3. The Hall–Kier alpha value is -1.61. The first-order valence-corrected chi connectivity index (χ1v) is 7.06. The zero-order valence-corrected chi connectivity index (χ0v) is 12.1. The monoisotopic (exact) mass is 257 g/mol. The zero-order chi connectivity index (χ0) is 13.7. The lowest BCUT2D eigenvalue weighted by Crippen LogP contribution is -2.23. The summed E-state index contributed by atoms with van der Waals surface area (Å²) in [5.74, 6) is 1.10. The molecule has 0 unspecified atom stereocenters. The average Bonchev–Trinajstić information content (AvgIpc) is 2.44. The Morgan fingerprint density at radius 3 is 2.74 bits per heavy atom. The molecule has 1 heterocycles. The predicted molar refractivity (Wildman–Crippen MR) is 82.7 cm³/mol. The van der Waals surface area contributed by atoms with E-state index < -0.39 is 0 Å². The average molecular weight is 257 g/mol. The van der Waals surface area contributed by atoms with Crippen LogP contribution in [0, 0.1) is 0 Å². The summed E-state index contributed by atoms with van der Waals surface area (Å²) in [7, 11) is 2.12. The third kappa shape index (κ3) is 3.24. The van der Waals surface area contributed by atoms with Gasteiger partial charge in [-0.25, -0.2) is 4.98 Å². The predicted octanol–water partition coefficient (Wildman–Crippen LogP) is 3.19. The molecule has 0 bridgehead atoms. The molecule has 1 N–H and O–H groups in total. The van der Waals surface area contributed by atoms with Gasteiger partial charge in [0.25, 0.3) is 0 Å². The zero-order valence-electron chi connectivity index (χ0n) is 12.1. The van der Waals surface area contributed by atoms with E-state index in [1.807, 2.05) is 6.07 Å². The van der Waals surface area contributed by atoms with Crippen LogP contribution in [0.3, 0.4) is 0 Å². The molecular weight excluding hydrogens is 234 g/mol. The molecule has 0 radical (unpaired) electrons. The van der Waals surface area contributed by atoms with Gasteiger partial charge in [0, 0.05) is 31.1 Å². The van der Waals surface area contributed by atoms with Gasteiger partial charge in [0.05, 0.1) is 5.52 Å². The molecule has 0 atom stereocenters. The quantitative estimate of drug-likeness (QED) is 0.861. The molecule has 102 valence electrons. The van der Waals surface area contributed by atoms with Crippen LogP contribution in [0.25, 0.3) is 10.9 Å². The van der Waals surface area contributed by atoms with Gasteiger partial charge in [-0.05, 0) is 25.1 Å². The van der Waals surface area contributed by atoms with Crippen molar-refractivity contribution in [2.45, 2.75) is 26.8 Å². The van der Waals surface area contributed by atoms with Crippen molar-refractivity contribution in [2.24, 2.45) is 0 Å². The maximum Gasteiger partial charge on any atom is 0.133 e. The summed E-state index contributed by atoms with van der Waals surface area (Å²) in [4.78, 5) is 7.08. The third-order valence-electron chi connectivity index (χ3n) is 3.27. The van der Waals surface area contributed by atoms with Crippen molar-refractivity contribution in [3.05, 3.63) is 35.9 Å². The Bertz CT molecular complexity index is 537. The number of hydrogen-bond acceptors (Lipinski definition) is 3. The second-order valence-corrected chi connectivity index (χ2v) is 4.87. The van der Waals surface area contributed by atoms with Crippen LogP contribution in [0.4, 0.5) is 5.82 Å². The second-order valence-electron chi connectivity index (χ2n) is 4.87. The molecule has 0 spiro atoms. The number of nitrogens with one attached hydrogen (secondary N) is 1. The van der Waals surface area contributed by atoms with Crippen LogP contribution in [-0.2, 0) is 6.54 Å². The summed E-state index contributed by atoms with van der Waals surface area (Å²) in [5, 5.41) is 4.61. The minimum Gasteiger partial charge on any atom is -0.359 e. The summed E-state index contributed by atoms with van der Waals surface area (Å²) in [6.45, 7) is 7.21. The Morgan fingerprint density at radius 1 is 1.21 bits per heavy atom. The Kier molecular flexibility index (Phi) is 4.74. The molecule has 0 aliphatic heterocycles. The first-order chi connectivity index (χ1) is 9.26. The van der Waals surface area contributed by atoms with Crippen LogP contribution in [0.15, 0.2) is 30.3 Å². The standard InChI is InChI=1S/C16H23N3/c1-4-10-19(3)16-14(12-17-5-2)11-13-8-6-7-9-15(13)18-16/h6-9,11,17H,4-5,10,12H2,1-3H3. The molecule has 3 nitrogen and oxygen atoms in total. The third-order valence-corrected chi connectivity index (χ3v) is 3.27. The highest BCUT2D eigenvalue weighted by atomic mass is 15.2. The van der Waals surface area contributed by atoms with Crippen molar-refractivity contribution in [2.75, 3.05) is 25.0 Å². The van der Waals surface area contributed by atoms with Crippen LogP contribution in [0.5, 0.6) is 0 Å². The first-order valence-electron chi connectivity index (χ1n) is 7.06. The number of benzene rings is 1. The van der Waals surface area contributed by atoms with Gasteiger partial charge in [0.15, 0.2) is 0 Å². The van der Waals surface area contributed by atoms with E-state index in [0.717, 1.165) is 37.4 Å². The van der Waals surface area contributed by atoms with Crippen molar-refractivity contribution in [3.8, 4) is 0 Å². The fourth-order valence-electron chi connectivity index (χ4n) is 2.31. The van der Waals surface area contributed by atoms with Crippen LogP contribution in [0.2, 0.25) is 0 Å². The molecule has 3 heteroatoms. The van der Waals surface area contributed by atoms with Gasteiger partial charge in [-0.2, -0.15) is 0 Å². The van der Waals surface area contributed by atoms with E-state index in [0.29, 0.717) is 0 Å². The van der Waals surface area contributed by atoms with Crippen molar-refractivity contribution in [1.82, 2.24) is 10.3 Å².